The van der Waals surface area contributed by atoms with E-state index in [9.17, 15) is 14.7 Å². The molecule has 24 heavy (non-hydrogen) atoms. The van der Waals surface area contributed by atoms with Crippen molar-refractivity contribution in [3.05, 3.63) is 65.2 Å². The third-order valence-corrected chi connectivity index (χ3v) is 3.44. The summed E-state index contributed by atoms with van der Waals surface area (Å²) in [5.74, 6) is -0.756. The lowest BCUT2D eigenvalue weighted by Gasteiger charge is -2.14. The maximum absolute atomic E-state index is 12.0. The summed E-state index contributed by atoms with van der Waals surface area (Å²) in [6.45, 7) is 4.15. The van der Waals surface area contributed by atoms with Crippen molar-refractivity contribution in [1.82, 2.24) is 0 Å². The average molecular weight is 327 g/mol. The summed E-state index contributed by atoms with van der Waals surface area (Å²) in [6.07, 6.45) is -0.0565. The fraction of sp³-hybridized carbons (Fsp3) is 0.263. The predicted octanol–water partition coefficient (Wildman–Crippen LogP) is 4.33. The molecule has 0 radical (unpaired) electrons. The van der Waals surface area contributed by atoms with E-state index in [0.29, 0.717) is 17.9 Å². The van der Waals surface area contributed by atoms with Gasteiger partial charge >= 0.3 is 12.1 Å². The van der Waals surface area contributed by atoms with Gasteiger partial charge in [-0.05, 0) is 29.5 Å². The van der Waals surface area contributed by atoms with E-state index < -0.39 is 12.1 Å². The van der Waals surface area contributed by atoms with Crippen molar-refractivity contribution in [1.29, 1.82) is 0 Å². The van der Waals surface area contributed by atoms with Gasteiger partial charge in [-0.2, -0.15) is 0 Å². The van der Waals surface area contributed by atoms with Crippen LogP contribution in [-0.4, -0.2) is 17.2 Å². The molecule has 0 bridgehead atoms. The minimum Gasteiger partial charge on any atom is -0.478 e. The highest BCUT2D eigenvalue weighted by Crippen LogP contribution is 2.23. The Kier molecular flexibility index (Phi) is 5.95. The lowest BCUT2D eigenvalue weighted by atomic mass is 9.97. The first kappa shape index (κ1) is 17.5. The van der Waals surface area contributed by atoms with Gasteiger partial charge in [0.25, 0.3) is 0 Å². The van der Waals surface area contributed by atoms with Gasteiger partial charge in [-0.15, -0.1) is 0 Å². The summed E-state index contributed by atoms with van der Waals surface area (Å²) >= 11 is 0. The zero-order valence-electron chi connectivity index (χ0n) is 13.8. The number of anilines is 1. The first-order valence-electron chi connectivity index (χ1n) is 7.80. The number of benzene rings is 2. The number of hydrogen-bond donors (Lipinski definition) is 2. The second kappa shape index (κ2) is 8.15. The van der Waals surface area contributed by atoms with Crippen molar-refractivity contribution in [2.45, 2.75) is 26.9 Å². The van der Waals surface area contributed by atoms with Crippen LogP contribution in [0.2, 0.25) is 0 Å². The van der Waals surface area contributed by atoms with Gasteiger partial charge in [0.05, 0.1) is 11.3 Å². The van der Waals surface area contributed by atoms with Crippen LogP contribution >= 0.6 is 0 Å². The van der Waals surface area contributed by atoms with Crippen molar-refractivity contribution in [2.24, 2.45) is 5.92 Å². The maximum atomic E-state index is 12.0. The Bertz CT molecular complexity index is 711. The minimum absolute atomic E-state index is 0.114. The Hall–Kier alpha value is -2.82. The first-order valence-corrected chi connectivity index (χ1v) is 7.80. The fourth-order valence-corrected chi connectivity index (χ4v) is 2.44. The zero-order chi connectivity index (χ0) is 17.5. The molecule has 2 rings (SSSR count). The van der Waals surface area contributed by atoms with E-state index >= 15 is 0 Å². The summed E-state index contributed by atoms with van der Waals surface area (Å²) in [6, 6.07) is 14.3. The lowest BCUT2D eigenvalue weighted by Crippen LogP contribution is -2.17. The number of carboxylic acids is 1. The number of nitrogens with one attached hydrogen (secondary N) is 1. The van der Waals surface area contributed by atoms with E-state index in [1.165, 1.54) is 0 Å². The number of ether oxygens (including phenoxy) is 1. The van der Waals surface area contributed by atoms with Crippen molar-refractivity contribution < 1.29 is 19.4 Å². The first-order chi connectivity index (χ1) is 11.5. The Morgan fingerprint density at radius 3 is 2.42 bits per heavy atom. The number of carbonyl (C=O) groups excluding carboxylic acids is 1. The van der Waals surface area contributed by atoms with Crippen molar-refractivity contribution in [2.75, 3.05) is 5.32 Å². The molecule has 126 valence electrons. The molecule has 0 aliphatic carbocycles. The van der Waals surface area contributed by atoms with Crippen LogP contribution in [-0.2, 0) is 17.8 Å². The Labute approximate surface area is 141 Å². The van der Waals surface area contributed by atoms with E-state index in [2.05, 4.69) is 5.32 Å². The highest BCUT2D eigenvalue weighted by molar-refractivity contribution is 6.00. The standard InChI is InChI=1S/C19H21NO4/c1-13(2)11-15-9-6-10-16(17(15)18(21)22)20-19(23)24-12-14-7-4-3-5-8-14/h3-10,13H,11-12H2,1-2H3,(H,20,23)(H,21,22). The molecule has 5 heteroatoms. The van der Waals surface area contributed by atoms with Gasteiger partial charge in [0.2, 0.25) is 0 Å². The van der Waals surface area contributed by atoms with Gasteiger partial charge in [-0.3, -0.25) is 5.32 Å². The number of aromatic carboxylic acids is 1. The van der Waals surface area contributed by atoms with Crippen LogP contribution < -0.4 is 5.32 Å². The zero-order valence-corrected chi connectivity index (χ0v) is 13.8. The molecule has 0 saturated carbocycles. The van der Waals surface area contributed by atoms with Gasteiger partial charge in [0, 0.05) is 0 Å². The Morgan fingerprint density at radius 2 is 1.79 bits per heavy atom. The van der Waals surface area contributed by atoms with E-state index in [1.807, 2.05) is 44.2 Å². The van der Waals surface area contributed by atoms with E-state index in [0.717, 1.165) is 5.56 Å². The Balaban J connectivity index is 2.10. The molecule has 5 nitrogen and oxygen atoms in total. The minimum atomic E-state index is -1.07. The van der Waals surface area contributed by atoms with Crippen LogP contribution in [0.3, 0.4) is 0 Å². The van der Waals surface area contributed by atoms with Crippen LogP contribution in [0.4, 0.5) is 10.5 Å². The predicted molar refractivity (Wildman–Crippen MR) is 92.2 cm³/mol. The summed E-state index contributed by atoms with van der Waals surface area (Å²) < 4.78 is 5.14. The van der Waals surface area contributed by atoms with Crippen LogP contribution in [0, 0.1) is 5.92 Å². The molecule has 1 amide bonds. The number of carbonyl (C=O) groups is 2. The molecular formula is C19H21NO4. The second-order valence-electron chi connectivity index (χ2n) is 5.93. The van der Waals surface area contributed by atoms with Crippen LogP contribution in [0.5, 0.6) is 0 Å². The average Bonchev–Trinajstić information content (AvgIpc) is 2.53. The SMILES string of the molecule is CC(C)Cc1cccc(NC(=O)OCc2ccccc2)c1C(=O)O. The van der Waals surface area contributed by atoms with Gasteiger partial charge < -0.3 is 9.84 Å². The largest absolute Gasteiger partial charge is 0.478 e. The molecule has 0 spiro atoms. The summed E-state index contributed by atoms with van der Waals surface area (Å²) in [5, 5.41) is 12.0. The lowest BCUT2D eigenvalue weighted by molar-refractivity contribution is 0.0696. The van der Waals surface area contributed by atoms with Crippen LogP contribution in [0.15, 0.2) is 48.5 Å². The molecular weight excluding hydrogens is 306 g/mol. The summed E-state index contributed by atoms with van der Waals surface area (Å²) in [5.41, 5.74) is 1.92. The highest BCUT2D eigenvalue weighted by Gasteiger charge is 2.18. The van der Waals surface area contributed by atoms with Gasteiger partial charge in [-0.1, -0.05) is 56.3 Å². The van der Waals surface area contributed by atoms with E-state index in [-0.39, 0.29) is 17.9 Å². The number of rotatable bonds is 6. The molecule has 0 unspecified atom stereocenters. The van der Waals surface area contributed by atoms with Gasteiger partial charge in [0.15, 0.2) is 0 Å². The molecule has 0 atom stereocenters. The van der Waals surface area contributed by atoms with Crippen LogP contribution in [0.1, 0.15) is 35.3 Å². The van der Waals surface area contributed by atoms with E-state index in [4.69, 9.17) is 4.74 Å². The second-order valence-corrected chi connectivity index (χ2v) is 5.93. The van der Waals surface area contributed by atoms with E-state index in [1.54, 1.807) is 18.2 Å². The highest BCUT2D eigenvalue weighted by atomic mass is 16.5. The maximum Gasteiger partial charge on any atom is 0.411 e. The number of amides is 1. The molecule has 2 aromatic rings. The molecule has 2 N–H and O–H groups in total. The van der Waals surface area contributed by atoms with Crippen LogP contribution in [0.25, 0.3) is 0 Å². The van der Waals surface area contributed by atoms with Gasteiger partial charge in [0.1, 0.15) is 6.61 Å². The molecule has 0 aromatic heterocycles. The monoisotopic (exact) mass is 327 g/mol. The molecule has 0 heterocycles. The smallest absolute Gasteiger partial charge is 0.411 e. The third kappa shape index (κ3) is 4.84. The third-order valence-electron chi connectivity index (χ3n) is 3.44. The van der Waals surface area contributed by atoms with Crippen molar-refractivity contribution in [3.63, 3.8) is 0 Å². The van der Waals surface area contributed by atoms with Crippen molar-refractivity contribution >= 4 is 17.7 Å². The fourth-order valence-electron chi connectivity index (χ4n) is 2.44. The summed E-state index contributed by atoms with van der Waals surface area (Å²) in [7, 11) is 0. The van der Waals surface area contributed by atoms with Crippen molar-refractivity contribution in [3.8, 4) is 0 Å². The normalized spacial score (nSPS) is 10.5. The van der Waals surface area contributed by atoms with Gasteiger partial charge in [-0.25, -0.2) is 9.59 Å². The number of hydrogen-bond acceptors (Lipinski definition) is 3. The molecule has 2 aromatic carbocycles. The molecule has 0 aliphatic rings. The quantitative estimate of drug-likeness (QED) is 0.828. The Morgan fingerprint density at radius 1 is 1.08 bits per heavy atom. The topological polar surface area (TPSA) is 75.6 Å². The molecule has 0 saturated heterocycles. The molecule has 0 aliphatic heterocycles. The summed E-state index contributed by atoms with van der Waals surface area (Å²) in [4.78, 5) is 23.6. The molecule has 0 fully saturated rings. The number of carboxylic acid groups (broad SMARTS) is 1.